The maximum Gasteiger partial charge on any atom is 0.283 e. The van der Waals surface area contributed by atoms with Crippen LogP contribution in [0.3, 0.4) is 0 Å². The van der Waals surface area contributed by atoms with Gasteiger partial charge in [0.25, 0.3) is 5.69 Å². The number of benzene rings is 2. The Morgan fingerprint density at radius 2 is 2.00 bits per heavy atom. The van der Waals surface area contributed by atoms with Gasteiger partial charge < -0.3 is 4.74 Å². The molecule has 0 spiro atoms. The number of rotatable bonds is 4. The summed E-state index contributed by atoms with van der Waals surface area (Å²) in [4.78, 5) is 10.4. The molecule has 0 aliphatic rings. The van der Waals surface area contributed by atoms with Crippen molar-refractivity contribution in [2.45, 2.75) is 13.5 Å². The summed E-state index contributed by atoms with van der Waals surface area (Å²) in [5, 5.41) is 10.8. The Hall–Kier alpha value is -1.88. The van der Waals surface area contributed by atoms with E-state index in [1.165, 1.54) is 6.07 Å². The van der Waals surface area contributed by atoms with Crippen LogP contribution in [0.25, 0.3) is 0 Å². The number of aryl methyl sites for hydroxylation is 1. The molecule has 0 unspecified atom stereocenters. The van der Waals surface area contributed by atoms with Crippen LogP contribution in [0.4, 0.5) is 5.69 Å². The minimum atomic E-state index is -0.416. The number of nitro groups is 1. The summed E-state index contributed by atoms with van der Waals surface area (Å²) in [6.07, 6.45) is 0. The molecule has 0 amide bonds. The molecule has 4 nitrogen and oxygen atoms in total. The van der Waals surface area contributed by atoms with Gasteiger partial charge in [0, 0.05) is 11.6 Å². The normalized spacial score (nSPS) is 10.2. The van der Waals surface area contributed by atoms with Crippen molar-refractivity contribution in [3.05, 3.63) is 68.2 Å². The van der Waals surface area contributed by atoms with Crippen LogP contribution in [0.5, 0.6) is 5.75 Å². The summed E-state index contributed by atoms with van der Waals surface area (Å²) in [5.41, 5.74) is 1.90. The molecular weight excluding hydrogens is 310 g/mol. The Balaban J connectivity index is 2.16. The second-order valence-electron chi connectivity index (χ2n) is 4.11. The van der Waals surface area contributed by atoms with Gasteiger partial charge in [-0.05, 0) is 40.5 Å². The monoisotopic (exact) mass is 321 g/mol. The highest BCUT2D eigenvalue weighted by Crippen LogP contribution is 2.29. The third-order valence-corrected chi connectivity index (χ3v) is 3.55. The molecule has 2 rings (SSSR count). The summed E-state index contributed by atoms with van der Waals surface area (Å²) < 4.78 is 6.10. The molecule has 2 aromatic rings. The Morgan fingerprint density at radius 1 is 1.26 bits per heavy atom. The first-order valence-corrected chi connectivity index (χ1v) is 6.48. The van der Waals surface area contributed by atoms with Crippen LogP contribution in [0, 0.1) is 17.0 Å². The van der Waals surface area contributed by atoms with Gasteiger partial charge in [0.2, 0.25) is 0 Å². The smallest absolute Gasteiger partial charge is 0.283 e. The lowest BCUT2D eigenvalue weighted by Gasteiger charge is -2.08. The van der Waals surface area contributed by atoms with Crippen LogP contribution in [-0.2, 0) is 6.61 Å². The van der Waals surface area contributed by atoms with Gasteiger partial charge in [0.05, 0.1) is 4.92 Å². The largest absolute Gasteiger partial charge is 0.489 e. The van der Waals surface area contributed by atoms with Crippen molar-refractivity contribution in [1.29, 1.82) is 0 Å². The molecule has 0 bridgehead atoms. The molecule has 0 aromatic heterocycles. The summed E-state index contributed by atoms with van der Waals surface area (Å²) >= 11 is 3.25. The highest BCUT2D eigenvalue weighted by atomic mass is 79.9. The molecule has 5 heteroatoms. The van der Waals surface area contributed by atoms with Crippen molar-refractivity contribution < 1.29 is 9.66 Å². The quantitative estimate of drug-likeness (QED) is 0.625. The van der Waals surface area contributed by atoms with E-state index in [-0.39, 0.29) is 12.3 Å². The van der Waals surface area contributed by atoms with Gasteiger partial charge in [-0.1, -0.05) is 24.3 Å². The van der Waals surface area contributed by atoms with Gasteiger partial charge in [-0.2, -0.15) is 0 Å². The lowest BCUT2D eigenvalue weighted by Crippen LogP contribution is -1.99. The van der Waals surface area contributed by atoms with Crippen LogP contribution >= 0.6 is 15.9 Å². The van der Waals surface area contributed by atoms with Gasteiger partial charge in [-0.25, -0.2) is 0 Å². The van der Waals surface area contributed by atoms with E-state index in [1.807, 2.05) is 31.2 Å². The third kappa shape index (κ3) is 3.32. The van der Waals surface area contributed by atoms with E-state index in [9.17, 15) is 10.1 Å². The van der Waals surface area contributed by atoms with Crippen LogP contribution < -0.4 is 4.74 Å². The first-order valence-electron chi connectivity index (χ1n) is 5.69. The predicted octanol–water partition coefficient (Wildman–Crippen LogP) is 4.24. The molecule has 0 heterocycles. The number of halogens is 1. The van der Waals surface area contributed by atoms with E-state index < -0.39 is 4.92 Å². The number of hydrogen-bond acceptors (Lipinski definition) is 3. The fourth-order valence-corrected chi connectivity index (χ4v) is 2.21. The second kappa shape index (κ2) is 5.84. The molecule has 0 N–H and O–H groups in total. The standard InChI is InChI=1S/C14H12BrNO3/c1-10-4-2-6-12(8-10)19-9-11-5-3-7-13(14(11)15)16(17)18/h2-8H,9H2,1H3. The fourth-order valence-electron chi connectivity index (χ4n) is 1.68. The molecule has 0 saturated heterocycles. The maximum atomic E-state index is 10.8. The minimum absolute atomic E-state index is 0.0466. The van der Waals surface area contributed by atoms with Crippen LogP contribution in [0.1, 0.15) is 11.1 Å². The first kappa shape index (κ1) is 13.5. The summed E-state index contributed by atoms with van der Waals surface area (Å²) in [6, 6.07) is 12.6. The van der Waals surface area contributed by atoms with Crippen molar-refractivity contribution >= 4 is 21.6 Å². The fraction of sp³-hybridized carbons (Fsp3) is 0.143. The molecule has 2 aromatic carbocycles. The predicted molar refractivity (Wildman–Crippen MR) is 76.3 cm³/mol. The van der Waals surface area contributed by atoms with Crippen molar-refractivity contribution in [2.24, 2.45) is 0 Å². The van der Waals surface area contributed by atoms with E-state index in [4.69, 9.17) is 4.74 Å². The van der Waals surface area contributed by atoms with Gasteiger partial charge >= 0.3 is 0 Å². The summed E-state index contributed by atoms with van der Waals surface area (Å²) in [7, 11) is 0. The average Bonchev–Trinajstić information content (AvgIpc) is 2.37. The zero-order valence-electron chi connectivity index (χ0n) is 10.3. The highest BCUT2D eigenvalue weighted by molar-refractivity contribution is 9.10. The molecular formula is C14H12BrNO3. The molecule has 0 atom stereocenters. The number of ether oxygens (including phenoxy) is 1. The zero-order valence-corrected chi connectivity index (χ0v) is 11.9. The van der Waals surface area contributed by atoms with Gasteiger partial charge in [0.1, 0.15) is 16.8 Å². The van der Waals surface area contributed by atoms with E-state index in [1.54, 1.807) is 12.1 Å². The SMILES string of the molecule is Cc1cccc(OCc2cccc([N+](=O)[O-])c2Br)c1. The first-order chi connectivity index (χ1) is 9.08. The molecule has 0 aliphatic carbocycles. The van der Waals surface area contributed by atoms with Crippen LogP contribution in [0.2, 0.25) is 0 Å². The Kier molecular flexibility index (Phi) is 4.16. The average molecular weight is 322 g/mol. The topological polar surface area (TPSA) is 52.4 Å². The van der Waals surface area contributed by atoms with E-state index in [0.29, 0.717) is 4.47 Å². The van der Waals surface area contributed by atoms with Crippen molar-refractivity contribution in [3.63, 3.8) is 0 Å². The lowest BCUT2D eigenvalue weighted by molar-refractivity contribution is -0.385. The van der Waals surface area contributed by atoms with Crippen LogP contribution in [0.15, 0.2) is 46.9 Å². The molecule has 98 valence electrons. The Labute approximate surface area is 119 Å². The van der Waals surface area contributed by atoms with Crippen molar-refractivity contribution in [2.75, 3.05) is 0 Å². The lowest BCUT2D eigenvalue weighted by atomic mass is 10.2. The van der Waals surface area contributed by atoms with E-state index >= 15 is 0 Å². The maximum absolute atomic E-state index is 10.8. The van der Waals surface area contributed by atoms with Crippen molar-refractivity contribution in [1.82, 2.24) is 0 Å². The minimum Gasteiger partial charge on any atom is -0.489 e. The number of nitrogens with zero attached hydrogens (tertiary/aromatic N) is 1. The molecule has 0 aliphatic heterocycles. The summed E-state index contributed by atoms with van der Waals surface area (Å²) in [5.74, 6) is 0.749. The molecule has 0 saturated carbocycles. The van der Waals surface area contributed by atoms with E-state index in [2.05, 4.69) is 15.9 Å². The highest BCUT2D eigenvalue weighted by Gasteiger charge is 2.14. The number of nitro benzene ring substituents is 1. The molecule has 0 fully saturated rings. The van der Waals surface area contributed by atoms with Gasteiger partial charge in [-0.15, -0.1) is 0 Å². The Bertz CT molecular complexity index is 613. The third-order valence-electron chi connectivity index (χ3n) is 2.64. The molecule has 19 heavy (non-hydrogen) atoms. The van der Waals surface area contributed by atoms with E-state index in [0.717, 1.165) is 16.9 Å². The zero-order chi connectivity index (χ0) is 13.8. The summed E-state index contributed by atoms with van der Waals surface area (Å²) in [6.45, 7) is 2.27. The van der Waals surface area contributed by atoms with Crippen LogP contribution in [-0.4, -0.2) is 4.92 Å². The second-order valence-corrected chi connectivity index (χ2v) is 4.91. The Morgan fingerprint density at radius 3 is 2.68 bits per heavy atom. The number of hydrogen-bond donors (Lipinski definition) is 0. The molecule has 0 radical (unpaired) electrons. The van der Waals surface area contributed by atoms with Crippen molar-refractivity contribution in [3.8, 4) is 5.75 Å². The van der Waals surface area contributed by atoms with Gasteiger partial charge in [0.15, 0.2) is 0 Å². The van der Waals surface area contributed by atoms with Gasteiger partial charge in [-0.3, -0.25) is 10.1 Å².